The summed E-state index contributed by atoms with van der Waals surface area (Å²) in [6, 6.07) is -11.7. The van der Waals surface area contributed by atoms with Crippen molar-refractivity contribution in [1.29, 1.82) is 0 Å². The Balaban J connectivity index is 1.33. The van der Waals surface area contributed by atoms with Crippen molar-refractivity contribution in [2.24, 2.45) is 35.5 Å². The van der Waals surface area contributed by atoms with Crippen LogP contribution >= 0.6 is 0 Å². The molecule has 0 radical (unpaired) electrons. The highest BCUT2D eigenvalue weighted by Gasteiger charge is 2.56. The summed E-state index contributed by atoms with van der Waals surface area (Å²) in [6.45, 7) is 4.73. The number of hydrogen-bond acceptors (Lipinski definition) is 14. The van der Waals surface area contributed by atoms with Crippen molar-refractivity contribution in [2.75, 3.05) is 102 Å². The molecule has 0 aromatic carbocycles. The minimum absolute atomic E-state index is 0.0102. The standard InChI is InChI=1S/C75H116F8N12O14/c1-13-33-87(5)67(102)55-39-59(97)91(9)57(43-108-12)64(99)85-62(44(4)14-2)70(105)89(7)42-60(98)90(8)53-24-17-16-20-34-94(69(53)104)56(37-45-25-28-48(29-26-45)74(78,79)80)68(103)88(6)41-58(96)84-52(30-27-46-35-50(76)61(51(77)36-46)75(81,82)83)66(101)95-40-49(109-15-3)38-54(95)65(100)86-73(31-21-32-73)72(107)93(11)63(71(106)92(55)10)47-22-18-19-23-47/h16-17,44-57,61-63H,13-15,18-43H2,1-12H3,(H,84,96)(H,85,99)(H,86,100)/b17-16-/t44-,45?,46?,48?,49+,50?,51?,52-,53-,54-,55-,56-,57-,61?,62-,63-/m0/s1. The molecule has 0 aromatic heterocycles. The fraction of sp³-hybridized carbons (Fsp3) is 0.813. The molecule has 616 valence electrons. The molecule has 1 spiro atoms. The maximum atomic E-state index is 15.6. The van der Waals surface area contributed by atoms with Crippen molar-refractivity contribution >= 4 is 70.9 Å². The van der Waals surface area contributed by atoms with Gasteiger partial charge in [-0.25, -0.2) is 8.78 Å². The Morgan fingerprint density at radius 1 is 0.661 bits per heavy atom. The summed E-state index contributed by atoms with van der Waals surface area (Å²) in [5, 5.41) is 8.32. The van der Waals surface area contributed by atoms with Crippen molar-refractivity contribution in [1.82, 2.24) is 60.0 Å². The Hall–Kier alpha value is -7.26. The molecule has 12 amide bonds. The molecular formula is C75H116F8N12O14. The summed E-state index contributed by atoms with van der Waals surface area (Å²) in [6.07, 6.45) is -13.0. The summed E-state index contributed by atoms with van der Waals surface area (Å²) in [5.41, 5.74) is -1.70. The Kier molecular flexibility index (Phi) is 31.7. The van der Waals surface area contributed by atoms with Crippen LogP contribution in [0.3, 0.4) is 0 Å². The number of likely N-dealkylation sites (N-methyl/N-ethyl adjacent to an activating group) is 7. The smallest absolute Gasteiger partial charge is 0.382 e. The van der Waals surface area contributed by atoms with Crippen LogP contribution in [0, 0.1) is 35.5 Å². The minimum atomic E-state index is -5.22. The third-order valence-corrected chi connectivity index (χ3v) is 24.0. The Labute approximate surface area is 634 Å². The Morgan fingerprint density at radius 3 is 1.86 bits per heavy atom. The lowest BCUT2D eigenvalue weighted by Crippen LogP contribution is -2.68. The molecule has 7 rings (SSSR count). The second-order valence-electron chi connectivity index (χ2n) is 31.5. The van der Waals surface area contributed by atoms with Crippen LogP contribution in [-0.2, 0) is 67.0 Å². The van der Waals surface area contributed by atoms with Crippen LogP contribution in [0.1, 0.15) is 169 Å². The lowest BCUT2D eigenvalue weighted by Gasteiger charge is -2.46. The van der Waals surface area contributed by atoms with Crippen molar-refractivity contribution in [3.63, 3.8) is 0 Å². The summed E-state index contributed by atoms with van der Waals surface area (Å²) < 4.78 is 127. The summed E-state index contributed by atoms with van der Waals surface area (Å²) >= 11 is 0. The average Bonchev–Trinajstić information content (AvgIpc) is 0.968. The maximum absolute atomic E-state index is 15.6. The molecule has 3 aliphatic heterocycles. The van der Waals surface area contributed by atoms with Gasteiger partial charge in [0.15, 0.2) is 0 Å². The topological polar surface area (TPSA) is 289 Å². The molecule has 2 saturated heterocycles. The first-order chi connectivity index (χ1) is 51.2. The molecule has 34 heteroatoms. The zero-order valence-electron chi connectivity index (χ0n) is 65.2. The van der Waals surface area contributed by atoms with Gasteiger partial charge in [0.25, 0.3) is 0 Å². The molecule has 2 unspecified atom stereocenters. The monoisotopic (exact) mass is 1560 g/mol. The SMILES string of the molecule is CCCN(C)C(=O)[C@@H]1CC(=O)N(C)[C@@H](COC)C(=O)N[C@@H]([C@@H](C)CC)C(=O)N(C)CC(=O)N(C)[C@H]2C/C=C\CCN(C2=O)[C@@H](CC2CCC(C(F)(F)F)CC2)C(=O)N(C)CC(=O)N[C@@H](CCC2CC(F)C(C(F)(F)F)C(F)C2)C(=O)N2C[C@H](OCC)C[C@H]2C(=O)NC2(CCC2)C(=O)N(C)[C@@H](C2CCCC2)C(=O)N1C. The van der Waals surface area contributed by atoms with Gasteiger partial charge in [-0.05, 0) is 140 Å². The van der Waals surface area contributed by atoms with E-state index in [4.69, 9.17) is 9.47 Å². The molecule has 0 aromatic rings. The molecule has 2 bridgehead atoms. The zero-order chi connectivity index (χ0) is 80.9. The lowest BCUT2D eigenvalue weighted by molar-refractivity contribution is -0.219. The van der Waals surface area contributed by atoms with E-state index in [2.05, 4.69) is 16.0 Å². The van der Waals surface area contributed by atoms with Gasteiger partial charge in [0.1, 0.15) is 72.1 Å². The predicted octanol–water partition coefficient (Wildman–Crippen LogP) is 5.73. The number of hydrogen-bond donors (Lipinski definition) is 3. The molecule has 3 heterocycles. The van der Waals surface area contributed by atoms with Gasteiger partial charge in [0, 0.05) is 89.1 Å². The van der Waals surface area contributed by atoms with Crippen LogP contribution in [0.5, 0.6) is 0 Å². The normalized spacial score (nSPS) is 31.7. The third kappa shape index (κ3) is 21.7. The van der Waals surface area contributed by atoms with Gasteiger partial charge in [0.05, 0.1) is 38.1 Å². The van der Waals surface area contributed by atoms with E-state index in [1.165, 1.54) is 71.1 Å². The van der Waals surface area contributed by atoms with E-state index >= 15 is 37.5 Å². The third-order valence-electron chi connectivity index (χ3n) is 24.0. The van der Waals surface area contributed by atoms with Crippen molar-refractivity contribution in [3.05, 3.63) is 12.2 Å². The number of carbonyl (C=O) groups excluding carboxylic acids is 12. The maximum Gasteiger partial charge on any atom is 0.397 e. The molecule has 4 aliphatic carbocycles. The first-order valence-corrected chi connectivity index (χ1v) is 38.8. The predicted molar refractivity (Wildman–Crippen MR) is 383 cm³/mol. The molecule has 3 N–H and O–H groups in total. The van der Waals surface area contributed by atoms with Crippen molar-refractivity contribution in [3.8, 4) is 0 Å². The van der Waals surface area contributed by atoms with Crippen LogP contribution in [0.25, 0.3) is 0 Å². The quantitative estimate of drug-likeness (QED) is 0.130. The summed E-state index contributed by atoms with van der Waals surface area (Å²) in [4.78, 5) is 192. The summed E-state index contributed by atoms with van der Waals surface area (Å²) in [5.74, 6) is -17.1. The summed E-state index contributed by atoms with van der Waals surface area (Å²) in [7, 11) is 10.7. The fourth-order valence-electron chi connectivity index (χ4n) is 17.0. The molecule has 4 saturated carbocycles. The van der Waals surface area contributed by atoms with Crippen LogP contribution in [0.4, 0.5) is 35.1 Å². The van der Waals surface area contributed by atoms with E-state index in [0.29, 0.717) is 44.9 Å². The van der Waals surface area contributed by atoms with E-state index in [1.807, 2.05) is 6.92 Å². The van der Waals surface area contributed by atoms with Crippen LogP contribution in [0.15, 0.2) is 12.2 Å². The van der Waals surface area contributed by atoms with E-state index in [1.54, 1.807) is 32.9 Å². The first-order valence-electron chi connectivity index (χ1n) is 38.8. The number of ether oxygens (including phenoxy) is 2. The minimum Gasteiger partial charge on any atom is -0.382 e. The number of alkyl halides is 8. The molecule has 109 heavy (non-hydrogen) atoms. The number of amides is 12. The lowest BCUT2D eigenvalue weighted by atomic mass is 9.74. The van der Waals surface area contributed by atoms with Gasteiger partial charge in [-0.15, -0.1) is 0 Å². The average molecular weight is 1560 g/mol. The van der Waals surface area contributed by atoms with E-state index in [9.17, 15) is 55.1 Å². The van der Waals surface area contributed by atoms with Gasteiger partial charge >= 0.3 is 12.4 Å². The molecule has 6 fully saturated rings. The van der Waals surface area contributed by atoms with Crippen LogP contribution in [0.2, 0.25) is 0 Å². The van der Waals surface area contributed by atoms with Crippen molar-refractivity contribution < 1.29 is 102 Å². The highest BCUT2D eigenvalue weighted by molar-refractivity contribution is 6.01. The second kappa shape index (κ2) is 38.8. The number of rotatable bonds is 15. The number of carbonyl (C=O) groups is 12. The first kappa shape index (κ1) is 88.9. The van der Waals surface area contributed by atoms with Gasteiger partial charge in [-0.1, -0.05) is 52.2 Å². The van der Waals surface area contributed by atoms with E-state index in [0.717, 1.165) is 29.4 Å². The van der Waals surface area contributed by atoms with Crippen LogP contribution < -0.4 is 16.0 Å². The number of halogens is 8. The van der Waals surface area contributed by atoms with Crippen molar-refractivity contribution in [2.45, 2.75) is 254 Å². The second-order valence-corrected chi connectivity index (χ2v) is 31.5. The Morgan fingerprint density at radius 2 is 1.29 bits per heavy atom. The number of nitrogens with one attached hydrogen (secondary N) is 3. The molecule has 12 atom stereocenters. The highest BCUT2D eigenvalue weighted by Crippen LogP contribution is 2.46. The van der Waals surface area contributed by atoms with Gasteiger partial charge in [-0.2, -0.15) is 26.3 Å². The number of fused-ring (bicyclic) bond motifs is 3. The highest BCUT2D eigenvalue weighted by atomic mass is 19.4. The van der Waals surface area contributed by atoms with E-state index < -0.39 is 236 Å². The number of methoxy groups -OCH3 is 1. The fourth-order valence-corrected chi connectivity index (χ4v) is 17.0. The molecule has 7 aliphatic rings. The van der Waals surface area contributed by atoms with Gasteiger partial charge < -0.3 is 69.5 Å². The molecular weight excluding hydrogens is 1440 g/mol. The van der Waals surface area contributed by atoms with E-state index in [-0.39, 0.29) is 96.9 Å². The largest absolute Gasteiger partial charge is 0.397 e. The zero-order valence-corrected chi connectivity index (χ0v) is 65.2. The Bertz CT molecular complexity index is 3230. The molecule has 26 nitrogen and oxygen atoms in total. The number of nitrogens with zero attached hydrogens (tertiary/aromatic N) is 9. The van der Waals surface area contributed by atoms with Gasteiger partial charge in [-0.3, -0.25) is 57.5 Å². The van der Waals surface area contributed by atoms with Gasteiger partial charge in [0.2, 0.25) is 70.9 Å². The van der Waals surface area contributed by atoms with Crippen LogP contribution in [-0.4, -0.2) is 302 Å².